The summed E-state index contributed by atoms with van der Waals surface area (Å²) in [6, 6.07) is 0. The highest BCUT2D eigenvalue weighted by Crippen LogP contribution is 2.24. The molecule has 0 spiro atoms. The molecule has 1 aliphatic rings. The highest BCUT2D eigenvalue weighted by Gasteiger charge is 2.24. The van der Waals surface area contributed by atoms with Crippen LogP contribution < -0.4 is 0 Å². The lowest BCUT2D eigenvalue weighted by Crippen LogP contribution is -2.14. The summed E-state index contributed by atoms with van der Waals surface area (Å²) < 4.78 is 11.7. The average molecular weight is 282 g/mol. The van der Waals surface area contributed by atoms with Crippen LogP contribution >= 0.6 is 0 Å². The quantitative estimate of drug-likeness (QED) is 0.342. The van der Waals surface area contributed by atoms with Crippen molar-refractivity contribution >= 4 is 0 Å². The topological polar surface area (TPSA) is 18.5 Å². The second-order valence-electron chi connectivity index (χ2n) is 5.91. The first-order chi connectivity index (χ1) is 9.86. The Balaban J connectivity index is 1.94. The van der Waals surface area contributed by atoms with Crippen LogP contribution in [0.5, 0.6) is 0 Å². The monoisotopic (exact) mass is 282 g/mol. The maximum Gasteiger partial charge on any atom is 0.158 e. The summed E-state index contributed by atoms with van der Waals surface area (Å²) in [4.78, 5) is 0. The maximum atomic E-state index is 5.91. The molecular formula is C18H34O2. The van der Waals surface area contributed by atoms with E-state index in [0.29, 0.717) is 12.7 Å². The van der Waals surface area contributed by atoms with Gasteiger partial charge in [-0.3, -0.25) is 0 Å². The van der Waals surface area contributed by atoms with Crippen LogP contribution in [0.3, 0.4) is 0 Å². The Kier molecular flexibility index (Phi) is 11.0. The first-order valence-corrected chi connectivity index (χ1v) is 8.78. The largest absolute Gasteiger partial charge is 0.349 e. The highest BCUT2D eigenvalue weighted by molar-refractivity contribution is 4.81. The van der Waals surface area contributed by atoms with Gasteiger partial charge in [-0.05, 0) is 25.7 Å². The third kappa shape index (κ3) is 8.76. The van der Waals surface area contributed by atoms with E-state index in [2.05, 4.69) is 26.0 Å². The van der Waals surface area contributed by atoms with Gasteiger partial charge in [0.2, 0.25) is 0 Å². The Bertz CT molecular complexity index is 238. The molecule has 0 aliphatic carbocycles. The number of hydrogen-bond acceptors (Lipinski definition) is 2. The van der Waals surface area contributed by atoms with E-state index < -0.39 is 0 Å². The number of allylic oxidation sites excluding steroid dienone is 1. The molecule has 0 bridgehead atoms. The normalized spacial score (nSPS) is 22.9. The van der Waals surface area contributed by atoms with E-state index in [1.807, 2.05) is 0 Å². The lowest BCUT2D eigenvalue weighted by atomic mass is 10.1. The van der Waals surface area contributed by atoms with E-state index in [1.54, 1.807) is 0 Å². The van der Waals surface area contributed by atoms with Crippen LogP contribution in [-0.4, -0.2) is 19.0 Å². The van der Waals surface area contributed by atoms with Gasteiger partial charge in [0.15, 0.2) is 6.29 Å². The van der Waals surface area contributed by atoms with Gasteiger partial charge in [-0.2, -0.15) is 0 Å². The molecule has 2 unspecified atom stereocenters. The van der Waals surface area contributed by atoms with Gasteiger partial charge in [0.25, 0.3) is 0 Å². The van der Waals surface area contributed by atoms with Crippen molar-refractivity contribution in [3.63, 3.8) is 0 Å². The molecule has 0 radical (unpaired) electrons. The minimum atomic E-state index is 0.0476. The van der Waals surface area contributed by atoms with Crippen molar-refractivity contribution in [1.29, 1.82) is 0 Å². The fraction of sp³-hybridized carbons (Fsp3) is 0.889. The van der Waals surface area contributed by atoms with Crippen molar-refractivity contribution < 1.29 is 9.47 Å². The van der Waals surface area contributed by atoms with Crippen LogP contribution in [0.15, 0.2) is 12.2 Å². The summed E-state index contributed by atoms with van der Waals surface area (Å²) in [5.41, 5.74) is 0. The van der Waals surface area contributed by atoms with Gasteiger partial charge in [-0.1, -0.05) is 64.5 Å². The van der Waals surface area contributed by atoms with Gasteiger partial charge in [0, 0.05) is 6.42 Å². The molecule has 0 aromatic heterocycles. The molecular weight excluding hydrogens is 248 g/mol. The molecule has 2 heteroatoms. The van der Waals surface area contributed by atoms with E-state index in [1.165, 1.54) is 64.2 Å². The summed E-state index contributed by atoms with van der Waals surface area (Å²) in [6.45, 7) is 5.21. The van der Waals surface area contributed by atoms with Crippen LogP contribution in [0.25, 0.3) is 0 Å². The lowest BCUT2D eigenvalue weighted by molar-refractivity contribution is -0.127. The average Bonchev–Trinajstić information content (AvgIpc) is 2.90. The van der Waals surface area contributed by atoms with E-state index in [-0.39, 0.29) is 6.29 Å². The van der Waals surface area contributed by atoms with Crippen molar-refractivity contribution in [3.8, 4) is 0 Å². The molecule has 0 N–H and O–H groups in total. The van der Waals surface area contributed by atoms with Crippen molar-refractivity contribution in [2.45, 2.75) is 96.9 Å². The first kappa shape index (κ1) is 17.7. The van der Waals surface area contributed by atoms with Crippen molar-refractivity contribution in [3.05, 3.63) is 12.2 Å². The Morgan fingerprint density at radius 2 is 1.75 bits per heavy atom. The van der Waals surface area contributed by atoms with Crippen LogP contribution in [0.1, 0.15) is 84.5 Å². The highest BCUT2D eigenvalue weighted by atomic mass is 16.7. The molecule has 20 heavy (non-hydrogen) atoms. The summed E-state index contributed by atoms with van der Waals surface area (Å²) in [6.07, 6.45) is 18.8. The summed E-state index contributed by atoms with van der Waals surface area (Å²) >= 11 is 0. The Labute approximate surface area is 125 Å². The molecule has 1 fully saturated rings. The van der Waals surface area contributed by atoms with Gasteiger partial charge in [0.1, 0.15) is 0 Å². The van der Waals surface area contributed by atoms with Crippen molar-refractivity contribution in [2.24, 2.45) is 0 Å². The molecule has 1 heterocycles. The van der Waals surface area contributed by atoms with Gasteiger partial charge in [-0.25, -0.2) is 0 Å². The zero-order valence-corrected chi connectivity index (χ0v) is 13.6. The van der Waals surface area contributed by atoms with Gasteiger partial charge < -0.3 is 9.47 Å². The van der Waals surface area contributed by atoms with Crippen LogP contribution in [0.2, 0.25) is 0 Å². The molecule has 0 aromatic carbocycles. The fourth-order valence-corrected chi connectivity index (χ4v) is 2.67. The number of rotatable bonds is 12. The SMILES string of the molecule is CCCCCCC=CCOC1CCC(CCCCC)O1. The maximum absolute atomic E-state index is 5.91. The molecule has 2 atom stereocenters. The third-order valence-corrected chi connectivity index (χ3v) is 3.97. The number of ether oxygens (including phenoxy) is 2. The molecule has 1 saturated heterocycles. The van der Waals surface area contributed by atoms with Crippen LogP contribution in [0, 0.1) is 0 Å². The van der Waals surface area contributed by atoms with Gasteiger partial charge >= 0.3 is 0 Å². The minimum absolute atomic E-state index is 0.0476. The van der Waals surface area contributed by atoms with Gasteiger partial charge in [0.05, 0.1) is 12.7 Å². The molecule has 1 aliphatic heterocycles. The predicted octanol–water partition coefficient (Wildman–Crippen LogP) is 5.62. The van der Waals surface area contributed by atoms with Crippen LogP contribution in [0.4, 0.5) is 0 Å². The fourth-order valence-electron chi connectivity index (χ4n) is 2.67. The summed E-state index contributed by atoms with van der Waals surface area (Å²) in [7, 11) is 0. The smallest absolute Gasteiger partial charge is 0.158 e. The summed E-state index contributed by atoms with van der Waals surface area (Å²) in [5.74, 6) is 0. The molecule has 1 rings (SSSR count). The van der Waals surface area contributed by atoms with E-state index in [0.717, 1.165) is 6.42 Å². The Morgan fingerprint density at radius 1 is 0.950 bits per heavy atom. The second kappa shape index (κ2) is 12.4. The van der Waals surface area contributed by atoms with Crippen molar-refractivity contribution in [2.75, 3.05) is 6.61 Å². The Morgan fingerprint density at radius 3 is 2.55 bits per heavy atom. The third-order valence-electron chi connectivity index (χ3n) is 3.97. The Hall–Kier alpha value is -0.340. The van der Waals surface area contributed by atoms with E-state index >= 15 is 0 Å². The van der Waals surface area contributed by atoms with E-state index in [9.17, 15) is 0 Å². The zero-order chi connectivity index (χ0) is 14.5. The standard InChI is InChI=1S/C18H34O2/c1-3-5-7-8-9-10-12-16-19-18-15-14-17(20-18)13-11-6-4-2/h10,12,17-18H,3-9,11,13-16H2,1-2H3. The molecule has 2 nitrogen and oxygen atoms in total. The lowest BCUT2D eigenvalue weighted by Gasteiger charge is -2.13. The predicted molar refractivity (Wildman–Crippen MR) is 85.9 cm³/mol. The number of hydrogen-bond donors (Lipinski definition) is 0. The van der Waals surface area contributed by atoms with Gasteiger partial charge in [-0.15, -0.1) is 0 Å². The zero-order valence-electron chi connectivity index (χ0n) is 13.6. The second-order valence-corrected chi connectivity index (χ2v) is 5.91. The molecule has 0 saturated carbocycles. The molecule has 0 aromatic rings. The minimum Gasteiger partial charge on any atom is -0.349 e. The first-order valence-electron chi connectivity index (χ1n) is 8.78. The molecule has 118 valence electrons. The summed E-state index contributed by atoms with van der Waals surface area (Å²) in [5, 5.41) is 0. The van der Waals surface area contributed by atoms with Crippen molar-refractivity contribution in [1.82, 2.24) is 0 Å². The molecule has 0 amide bonds. The van der Waals surface area contributed by atoms with E-state index in [4.69, 9.17) is 9.47 Å². The van der Waals surface area contributed by atoms with Crippen LogP contribution in [-0.2, 0) is 9.47 Å². The number of unbranched alkanes of at least 4 members (excludes halogenated alkanes) is 6.